The van der Waals surface area contributed by atoms with E-state index < -0.39 is 0 Å². The minimum atomic E-state index is -0.293. The van der Waals surface area contributed by atoms with Gasteiger partial charge in [-0.15, -0.1) is 0 Å². The summed E-state index contributed by atoms with van der Waals surface area (Å²) < 4.78 is 0. The molecule has 3 nitrogen and oxygen atoms in total. The van der Waals surface area contributed by atoms with Crippen molar-refractivity contribution in [1.82, 2.24) is 0 Å². The van der Waals surface area contributed by atoms with Crippen LogP contribution in [-0.2, 0) is 9.59 Å². The molecule has 1 rings (SSSR count). The van der Waals surface area contributed by atoms with Gasteiger partial charge in [0.25, 0.3) is 0 Å². The highest BCUT2D eigenvalue weighted by molar-refractivity contribution is 5.78. The number of allylic oxidation sites excluding steroid dienone is 2. The molecule has 0 spiro atoms. The molecule has 0 aromatic carbocycles. The van der Waals surface area contributed by atoms with Crippen LogP contribution in [-0.4, -0.2) is 12.2 Å². The van der Waals surface area contributed by atoms with Gasteiger partial charge in [-0.3, -0.25) is 9.59 Å². The monoisotopic (exact) mass is 181 g/mol. The summed E-state index contributed by atoms with van der Waals surface area (Å²) in [5.74, 6) is -0.108. The maximum absolute atomic E-state index is 10.7. The van der Waals surface area contributed by atoms with Gasteiger partial charge in [0.2, 0.25) is 5.91 Å². The molecule has 0 aromatic heterocycles. The second-order valence-corrected chi connectivity index (χ2v) is 4.10. The minimum absolute atomic E-state index is 0.185. The fourth-order valence-electron chi connectivity index (χ4n) is 1.84. The van der Waals surface area contributed by atoms with Gasteiger partial charge >= 0.3 is 0 Å². The number of amides is 1. The lowest BCUT2D eigenvalue weighted by molar-refractivity contribution is -0.119. The predicted octanol–water partition coefficient (Wildman–Crippen LogP) is 1.03. The Labute approximate surface area is 78.0 Å². The van der Waals surface area contributed by atoms with Crippen LogP contribution >= 0.6 is 0 Å². The lowest BCUT2D eigenvalue weighted by atomic mass is 9.76. The third-order valence-corrected chi connectivity index (χ3v) is 2.96. The van der Waals surface area contributed by atoms with Crippen LogP contribution in [0.1, 0.15) is 26.7 Å². The molecule has 1 atom stereocenters. The van der Waals surface area contributed by atoms with E-state index in [0.717, 1.165) is 18.3 Å². The molecule has 72 valence electrons. The lowest BCUT2D eigenvalue weighted by Crippen LogP contribution is -2.27. The number of hydrogen-bond donors (Lipinski definition) is 1. The largest absolute Gasteiger partial charge is 0.370 e. The van der Waals surface area contributed by atoms with Crippen molar-refractivity contribution in [2.75, 3.05) is 0 Å². The first-order chi connectivity index (χ1) is 5.98. The number of carbonyl (C=O) groups is 2. The van der Waals surface area contributed by atoms with E-state index in [1.54, 1.807) is 0 Å². The van der Waals surface area contributed by atoms with Gasteiger partial charge < -0.3 is 5.73 Å². The quantitative estimate of drug-likeness (QED) is 0.661. The number of carbonyl (C=O) groups excluding carboxylic acids is 2. The maximum atomic E-state index is 10.7. The molecule has 3 heteroatoms. The molecular weight excluding hydrogens is 166 g/mol. The molecule has 1 aliphatic carbocycles. The zero-order chi connectivity index (χ0) is 10.1. The molecule has 13 heavy (non-hydrogen) atoms. The standard InChI is InChI=1S/C10H15NO2/c1-10(2)7(5-9(11)13)3-4-8(10)6-12/h4,6-7H,3,5H2,1-2H3,(H2,11,13)/t7-/m0/s1. The highest BCUT2D eigenvalue weighted by Gasteiger charge is 2.37. The smallest absolute Gasteiger partial charge is 0.217 e. The minimum Gasteiger partial charge on any atom is -0.370 e. The second-order valence-electron chi connectivity index (χ2n) is 4.10. The molecule has 0 fully saturated rings. The van der Waals surface area contributed by atoms with Crippen molar-refractivity contribution < 1.29 is 9.59 Å². The molecule has 0 radical (unpaired) electrons. The fourth-order valence-corrected chi connectivity index (χ4v) is 1.84. The van der Waals surface area contributed by atoms with E-state index in [-0.39, 0.29) is 17.2 Å². The Balaban J connectivity index is 2.75. The first-order valence-corrected chi connectivity index (χ1v) is 4.42. The fraction of sp³-hybridized carbons (Fsp3) is 0.600. The summed E-state index contributed by atoms with van der Waals surface area (Å²) in [7, 11) is 0. The summed E-state index contributed by atoms with van der Waals surface area (Å²) in [5, 5.41) is 0. The zero-order valence-corrected chi connectivity index (χ0v) is 8.04. The van der Waals surface area contributed by atoms with Crippen LogP contribution in [0.25, 0.3) is 0 Å². The average molecular weight is 181 g/mol. The van der Waals surface area contributed by atoms with Crippen molar-refractivity contribution in [2.45, 2.75) is 26.7 Å². The van der Waals surface area contributed by atoms with Crippen molar-refractivity contribution in [1.29, 1.82) is 0 Å². The molecule has 0 saturated heterocycles. The summed E-state index contributed by atoms with van der Waals surface area (Å²) in [6.45, 7) is 3.96. The van der Waals surface area contributed by atoms with Gasteiger partial charge in [-0.05, 0) is 23.3 Å². The summed E-state index contributed by atoms with van der Waals surface area (Å²) >= 11 is 0. The highest BCUT2D eigenvalue weighted by Crippen LogP contribution is 2.43. The Morgan fingerprint density at radius 2 is 2.38 bits per heavy atom. The molecule has 0 bridgehead atoms. The summed E-state index contributed by atoms with van der Waals surface area (Å²) in [6, 6.07) is 0. The van der Waals surface area contributed by atoms with Crippen LogP contribution in [0.3, 0.4) is 0 Å². The van der Waals surface area contributed by atoms with E-state index in [2.05, 4.69) is 0 Å². The summed E-state index contributed by atoms with van der Waals surface area (Å²) in [4.78, 5) is 21.4. The van der Waals surface area contributed by atoms with Gasteiger partial charge in [0.05, 0.1) is 0 Å². The van der Waals surface area contributed by atoms with E-state index in [9.17, 15) is 9.59 Å². The molecule has 0 aromatic rings. The van der Waals surface area contributed by atoms with E-state index in [0.29, 0.717) is 6.42 Å². The maximum Gasteiger partial charge on any atom is 0.217 e. The number of hydrogen-bond acceptors (Lipinski definition) is 2. The van der Waals surface area contributed by atoms with E-state index >= 15 is 0 Å². The third kappa shape index (κ3) is 1.79. The molecule has 1 aliphatic rings. The van der Waals surface area contributed by atoms with Gasteiger partial charge in [0.15, 0.2) is 0 Å². The molecule has 1 amide bonds. The van der Waals surface area contributed by atoms with Gasteiger partial charge in [-0.25, -0.2) is 0 Å². The summed E-state index contributed by atoms with van der Waals surface area (Å²) in [6.07, 6.45) is 3.92. The van der Waals surface area contributed by atoms with Crippen molar-refractivity contribution in [2.24, 2.45) is 17.1 Å². The number of nitrogens with two attached hydrogens (primary N) is 1. The summed E-state index contributed by atoms with van der Waals surface area (Å²) in [5.41, 5.74) is 5.72. The second kappa shape index (κ2) is 3.32. The van der Waals surface area contributed by atoms with Crippen LogP contribution in [0, 0.1) is 11.3 Å². The molecule has 0 unspecified atom stereocenters. The Morgan fingerprint density at radius 3 is 2.77 bits per heavy atom. The number of primary amides is 1. The predicted molar refractivity (Wildman–Crippen MR) is 49.8 cm³/mol. The first kappa shape index (κ1) is 9.96. The van der Waals surface area contributed by atoms with E-state index in [4.69, 9.17) is 5.73 Å². The van der Waals surface area contributed by atoms with Gasteiger partial charge in [-0.1, -0.05) is 19.9 Å². The highest BCUT2D eigenvalue weighted by atomic mass is 16.1. The first-order valence-electron chi connectivity index (χ1n) is 4.42. The lowest BCUT2D eigenvalue weighted by Gasteiger charge is -2.27. The van der Waals surface area contributed by atoms with Crippen molar-refractivity contribution in [3.63, 3.8) is 0 Å². The average Bonchev–Trinajstić information content (AvgIpc) is 2.26. The van der Waals surface area contributed by atoms with Gasteiger partial charge in [0.1, 0.15) is 6.29 Å². The van der Waals surface area contributed by atoms with Gasteiger partial charge in [-0.2, -0.15) is 0 Å². The van der Waals surface area contributed by atoms with Crippen LogP contribution in [0.15, 0.2) is 11.6 Å². The number of aldehydes is 1. The SMILES string of the molecule is CC1(C)C(C=O)=CC[C@H]1CC(N)=O. The Hall–Kier alpha value is -1.12. The van der Waals surface area contributed by atoms with Crippen LogP contribution < -0.4 is 5.73 Å². The molecular formula is C10H15NO2. The van der Waals surface area contributed by atoms with Crippen molar-refractivity contribution in [3.05, 3.63) is 11.6 Å². The molecule has 0 heterocycles. The van der Waals surface area contributed by atoms with E-state index in [1.165, 1.54) is 0 Å². The van der Waals surface area contributed by atoms with Gasteiger partial charge in [0, 0.05) is 6.42 Å². The number of rotatable bonds is 3. The van der Waals surface area contributed by atoms with Crippen LogP contribution in [0.5, 0.6) is 0 Å². The Morgan fingerprint density at radius 1 is 1.77 bits per heavy atom. The third-order valence-electron chi connectivity index (χ3n) is 2.96. The Bertz CT molecular complexity index is 266. The molecule has 2 N–H and O–H groups in total. The van der Waals surface area contributed by atoms with Crippen molar-refractivity contribution in [3.8, 4) is 0 Å². The van der Waals surface area contributed by atoms with Crippen LogP contribution in [0.2, 0.25) is 0 Å². The molecule has 0 aliphatic heterocycles. The van der Waals surface area contributed by atoms with Crippen LogP contribution in [0.4, 0.5) is 0 Å². The zero-order valence-electron chi connectivity index (χ0n) is 8.04. The van der Waals surface area contributed by atoms with Crippen molar-refractivity contribution >= 4 is 12.2 Å². The topological polar surface area (TPSA) is 60.2 Å². The normalized spacial score (nSPS) is 25.4. The molecule has 0 saturated carbocycles. The van der Waals surface area contributed by atoms with E-state index in [1.807, 2.05) is 19.9 Å². The Kier molecular flexibility index (Phi) is 2.55.